The molecule has 0 aliphatic heterocycles. The van der Waals surface area contributed by atoms with Gasteiger partial charge in [-0.05, 0) is 55.8 Å². The Labute approximate surface area is 130 Å². The molecule has 0 unspecified atom stereocenters. The van der Waals surface area contributed by atoms with Crippen molar-refractivity contribution in [2.45, 2.75) is 20.0 Å². The Bertz CT molecular complexity index is 653. The van der Waals surface area contributed by atoms with E-state index in [0.717, 1.165) is 11.3 Å². The van der Waals surface area contributed by atoms with E-state index in [0.29, 0.717) is 17.1 Å². The Kier molecular flexibility index (Phi) is 4.88. The van der Waals surface area contributed by atoms with Crippen molar-refractivity contribution in [2.75, 3.05) is 18.2 Å². The van der Waals surface area contributed by atoms with Crippen molar-refractivity contribution in [3.63, 3.8) is 0 Å². The average Bonchev–Trinajstić information content (AvgIpc) is 2.51. The maximum absolute atomic E-state index is 12.2. The number of hydrogen-bond donors (Lipinski definition) is 2. The van der Waals surface area contributed by atoms with Crippen LogP contribution in [0.25, 0.3) is 0 Å². The fraction of sp³-hybridized carbons (Fsp3) is 0.235. The van der Waals surface area contributed by atoms with Crippen LogP contribution in [-0.4, -0.2) is 19.1 Å². The first kappa shape index (κ1) is 15.7. The predicted molar refractivity (Wildman–Crippen MR) is 87.3 cm³/mol. The SMILES string of the molecule is COc1ccc(O[C@H](C)C(=O)Nc2cc(N)ccc2C)cc1. The summed E-state index contributed by atoms with van der Waals surface area (Å²) in [6, 6.07) is 12.5. The third kappa shape index (κ3) is 3.91. The Morgan fingerprint density at radius 2 is 1.77 bits per heavy atom. The lowest BCUT2D eigenvalue weighted by Crippen LogP contribution is -2.30. The van der Waals surface area contributed by atoms with Crippen molar-refractivity contribution < 1.29 is 14.3 Å². The van der Waals surface area contributed by atoms with Crippen LogP contribution in [-0.2, 0) is 4.79 Å². The van der Waals surface area contributed by atoms with Crippen LogP contribution in [0.1, 0.15) is 12.5 Å². The molecule has 0 aliphatic carbocycles. The molecule has 5 nitrogen and oxygen atoms in total. The summed E-state index contributed by atoms with van der Waals surface area (Å²) in [5.41, 5.74) is 7.97. The summed E-state index contributed by atoms with van der Waals surface area (Å²) in [6.07, 6.45) is -0.630. The van der Waals surface area contributed by atoms with Gasteiger partial charge in [-0.3, -0.25) is 4.79 Å². The number of carbonyl (C=O) groups excluding carboxylic acids is 1. The molecule has 0 heterocycles. The van der Waals surface area contributed by atoms with Crippen molar-refractivity contribution in [3.05, 3.63) is 48.0 Å². The fourth-order valence-electron chi connectivity index (χ4n) is 1.92. The van der Waals surface area contributed by atoms with Crippen LogP contribution in [0.5, 0.6) is 11.5 Å². The van der Waals surface area contributed by atoms with Crippen molar-refractivity contribution in [1.82, 2.24) is 0 Å². The molecule has 0 aromatic heterocycles. The number of hydrogen-bond acceptors (Lipinski definition) is 4. The van der Waals surface area contributed by atoms with Crippen LogP contribution in [0, 0.1) is 6.92 Å². The van der Waals surface area contributed by atoms with Gasteiger partial charge >= 0.3 is 0 Å². The number of methoxy groups -OCH3 is 1. The number of rotatable bonds is 5. The Hall–Kier alpha value is -2.69. The number of nitrogens with two attached hydrogens (primary N) is 1. The van der Waals surface area contributed by atoms with Gasteiger partial charge in [-0.25, -0.2) is 0 Å². The summed E-state index contributed by atoms with van der Waals surface area (Å²) >= 11 is 0. The lowest BCUT2D eigenvalue weighted by molar-refractivity contribution is -0.122. The molecule has 2 aromatic carbocycles. The molecule has 1 atom stereocenters. The number of benzene rings is 2. The van der Waals surface area contributed by atoms with Crippen molar-refractivity contribution in [1.29, 1.82) is 0 Å². The molecule has 0 fully saturated rings. The number of amides is 1. The highest BCUT2D eigenvalue weighted by Gasteiger charge is 2.15. The van der Waals surface area contributed by atoms with Crippen LogP contribution in [0.4, 0.5) is 11.4 Å². The number of carbonyl (C=O) groups is 1. The van der Waals surface area contributed by atoms with Gasteiger partial charge in [0.15, 0.2) is 6.10 Å². The largest absolute Gasteiger partial charge is 0.497 e. The molecule has 0 radical (unpaired) electrons. The summed E-state index contributed by atoms with van der Waals surface area (Å²) in [6.45, 7) is 3.60. The van der Waals surface area contributed by atoms with Gasteiger partial charge < -0.3 is 20.5 Å². The molecule has 0 saturated heterocycles. The van der Waals surface area contributed by atoms with E-state index in [-0.39, 0.29) is 5.91 Å². The van der Waals surface area contributed by atoms with Gasteiger partial charge in [0, 0.05) is 11.4 Å². The van der Waals surface area contributed by atoms with Crippen molar-refractivity contribution >= 4 is 17.3 Å². The molecule has 1 amide bonds. The summed E-state index contributed by atoms with van der Waals surface area (Å²) in [4.78, 5) is 12.2. The molecule has 2 aromatic rings. The van der Waals surface area contributed by atoms with Gasteiger partial charge in [0.1, 0.15) is 11.5 Å². The fourth-order valence-corrected chi connectivity index (χ4v) is 1.92. The number of nitrogen functional groups attached to an aromatic ring is 1. The molecule has 0 aliphatic rings. The molecule has 5 heteroatoms. The topological polar surface area (TPSA) is 73.6 Å². The standard InChI is InChI=1S/C17H20N2O3/c1-11-4-5-13(18)10-16(11)19-17(20)12(2)22-15-8-6-14(21-3)7-9-15/h4-10,12H,18H2,1-3H3,(H,19,20)/t12-/m1/s1. The first-order valence-electron chi connectivity index (χ1n) is 6.97. The number of anilines is 2. The van der Waals surface area contributed by atoms with Crippen LogP contribution in [0.3, 0.4) is 0 Å². The van der Waals surface area contributed by atoms with Crippen LogP contribution in [0.15, 0.2) is 42.5 Å². The van der Waals surface area contributed by atoms with Crippen LogP contribution >= 0.6 is 0 Å². The van der Waals surface area contributed by atoms with E-state index in [1.807, 2.05) is 13.0 Å². The third-order valence-corrected chi connectivity index (χ3v) is 3.26. The van der Waals surface area contributed by atoms with E-state index in [2.05, 4.69) is 5.32 Å². The quantitative estimate of drug-likeness (QED) is 0.833. The molecule has 0 bridgehead atoms. The molecular formula is C17H20N2O3. The van der Waals surface area contributed by atoms with E-state index in [4.69, 9.17) is 15.2 Å². The Balaban J connectivity index is 2.00. The van der Waals surface area contributed by atoms with Crippen molar-refractivity contribution in [2.24, 2.45) is 0 Å². The summed E-state index contributed by atoms with van der Waals surface area (Å²) in [5, 5.41) is 2.82. The van der Waals surface area contributed by atoms with E-state index in [9.17, 15) is 4.79 Å². The first-order chi connectivity index (χ1) is 10.5. The minimum atomic E-state index is -0.630. The second kappa shape index (κ2) is 6.85. The average molecular weight is 300 g/mol. The monoisotopic (exact) mass is 300 g/mol. The summed E-state index contributed by atoms with van der Waals surface area (Å²) in [5.74, 6) is 1.11. The smallest absolute Gasteiger partial charge is 0.265 e. The molecule has 3 N–H and O–H groups in total. The highest BCUT2D eigenvalue weighted by atomic mass is 16.5. The molecule has 116 valence electrons. The summed E-state index contributed by atoms with van der Waals surface area (Å²) < 4.78 is 10.7. The number of nitrogens with one attached hydrogen (secondary N) is 1. The van der Waals surface area contributed by atoms with Gasteiger partial charge in [-0.1, -0.05) is 6.07 Å². The second-order valence-corrected chi connectivity index (χ2v) is 5.00. The van der Waals surface area contributed by atoms with E-state index >= 15 is 0 Å². The minimum Gasteiger partial charge on any atom is -0.497 e. The zero-order chi connectivity index (χ0) is 16.1. The lowest BCUT2D eigenvalue weighted by Gasteiger charge is -2.16. The van der Waals surface area contributed by atoms with Gasteiger partial charge in [0.05, 0.1) is 7.11 Å². The van der Waals surface area contributed by atoms with E-state index in [1.165, 1.54) is 0 Å². The van der Waals surface area contributed by atoms with Gasteiger partial charge in [0.2, 0.25) is 0 Å². The molecule has 0 saturated carbocycles. The Morgan fingerprint density at radius 3 is 2.41 bits per heavy atom. The second-order valence-electron chi connectivity index (χ2n) is 5.00. The normalized spacial score (nSPS) is 11.6. The van der Waals surface area contributed by atoms with Crippen molar-refractivity contribution in [3.8, 4) is 11.5 Å². The maximum Gasteiger partial charge on any atom is 0.265 e. The molecule has 22 heavy (non-hydrogen) atoms. The summed E-state index contributed by atoms with van der Waals surface area (Å²) in [7, 11) is 1.60. The van der Waals surface area contributed by atoms with Crippen LogP contribution in [0.2, 0.25) is 0 Å². The maximum atomic E-state index is 12.2. The van der Waals surface area contributed by atoms with Gasteiger partial charge in [0.25, 0.3) is 5.91 Å². The number of ether oxygens (including phenoxy) is 2. The van der Waals surface area contributed by atoms with E-state index in [1.54, 1.807) is 50.4 Å². The Morgan fingerprint density at radius 1 is 1.14 bits per heavy atom. The van der Waals surface area contributed by atoms with Crippen LogP contribution < -0.4 is 20.5 Å². The zero-order valence-electron chi connectivity index (χ0n) is 12.9. The number of aryl methyl sites for hydroxylation is 1. The molecule has 0 spiro atoms. The highest BCUT2D eigenvalue weighted by Crippen LogP contribution is 2.20. The zero-order valence-corrected chi connectivity index (χ0v) is 12.9. The van der Waals surface area contributed by atoms with E-state index < -0.39 is 6.10 Å². The molecular weight excluding hydrogens is 280 g/mol. The minimum absolute atomic E-state index is 0.232. The van der Waals surface area contributed by atoms with Gasteiger partial charge in [-0.15, -0.1) is 0 Å². The molecule has 2 rings (SSSR count). The highest BCUT2D eigenvalue weighted by molar-refractivity contribution is 5.95. The first-order valence-corrected chi connectivity index (χ1v) is 6.97. The third-order valence-electron chi connectivity index (χ3n) is 3.26. The predicted octanol–water partition coefficient (Wildman–Crippen LogP) is 2.99. The lowest BCUT2D eigenvalue weighted by atomic mass is 10.1. The van der Waals surface area contributed by atoms with Gasteiger partial charge in [-0.2, -0.15) is 0 Å².